The molecule has 0 unspecified atom stereocenters. The highest BCUT2D eigenvalue weighted by Gasteiger charge is 2.18. The summed E-state index contributed by atoms with van der Waals surface area (Å²) < 4.78 is 20.2. The van der Waals surface area contributed by atoms with Gasteiger partial charge in [0, 0.05) is 37.5 Å². The molecule has 0 bridgehead atoms. The molecule has 8 nitrogen and oxygen atoms in total. The zero-order valence-corrected chi connectivity index (χ0v) is 15.0. The summed E-state index contributed by atoms with van der Waals surface area (Å²) >= 11 is 0. The number of aromatic nitrogens is 2. The first-order valence-electron chi connectivity index (χ1n) is 8.33. The van der Waals surface area contributed by atoms with Crippen LogP contribution in [0.25, 0.3) is 5.69 Å². The van der Waals surface area contributed by atoms with Crippen molar-refractivity contribution in [2.24, 2.45) is 0 Å². The predicted molar refractivity (Wildman–Crippen MR) is 98.6 cm³/mol. The van der Waals surface area contributed by atoms with Crippen molar-refractivity contribution in [1.82, 2.24) is 14.7 Å². The van der Waals surface area contributed by atoms with Gasteiger partial charge < -0.3 is 9.64 Å². The summed E-state index contributed by atoms with van der Waals surface area (Å²) in [6.45, 7) is -0.173. The highest BCUT2D eigenvalue weighted by Crippen LogP contribution is 2.27. The monoisotopic (exact) mass is 384 g/mol. The molecule has 0 saturated heterocycles. The largest absolute Gasteiger partial charge is 0.477 e. The highest BCUT2D eigenvalue weighted by molar-refractivity contribution is 5.77. The van der Waals surface area contributed by atoms with Crippen molar-refractivity contribution in [1.29, 1.82) is 0 Å². The minimum Gasteiger partial charge on any atom is -0.477 e. The fourth-order valence-electron chi connectivity index (χ4n) is 2.53. The predicted octanol–water partition coefficient (Wildman–Crippen LogP) is 2.96. The van der Waals surface area contributed by atoms with E-state index in [0.29, 0.717) is 0 Å². The lowest BCUT2D eigenvalue weighted by atomic mass is 10.3. The third kappa shape index (κ3) is 4.50. The molecule has 0 aliphatic heterocycles. The molecule has 0 fully saturated rings. The second-order valence-corrected chi connectivity index (χ2v) is 6.04. The van der Waals surface area contributed by atoms with Crippen LogP contribution in [0.15, 0.2) is 60.9 Å². The van der Waals surface area contributed by atoms with Crippen LogP contribution < -0.4 is 4.74 Å². The first-order chi connectivity index (χ1) is 13.4. The van der Waals surface area contributed by atoms with Crippen molar-refractivity contribution in [2.45, 2.75) is 6.54 Å². The number of rotatable bonds is 7. The topological polar surface area (TPSA) is 90.5 Å². The van der Waals surface area contributed by atoms with E-state index in [4.69, 9.17) is 4.74 Å². The molecule has 2 aromatic carbocycles. The van der Waals surface area contributed by atoms with E-state index < -0.39 is 28.9 Å². The quantitative estimate of drug-likeness (QED) is 0.461. The second-order valence-electron chi connectivity index (χ2n) is 6.04. The molecular weight excluding hydrogens is 367 g/mol. The van der Waals surface area contributed by atoms with E-state index in [2.05, 4.69) is 5.10 Å². The summed E-state index contributed by atoms with van der Waals surface area (Å²) in [5.41, 5.74) is 1.29. The minimum absolute atomic E-state index is 0.278. The number of hydrogen-bond donors (Lipinski definition) is 0. The van der Waals surface area contributed by atoms with E-state index in [1.807, 2.05) is 30.3 Å². The summed E-state index contributed by atoms with van der Waals surface area (Å²) in [6, 6.07) is 12.4. The first-order valence-corrected chi connectivity index (χ1v) is 8.33. The summed E-state index contributed by atoms with van der Waals surface area (Å²) in [7, 11) is 1.57. The Morgan fingerprint density at radius 3 is 2.75 bits per heavy atom. The molecule has 144 valence electrons. The van der Waals surface area contributed by atoms with E-state index in [1.54, 1.807) is 24.1 Å². The zero-order valence-electron chi connectivity index (χ0n) is 15.0. The molecule has 28 heavy (non-hydrogen) atoms. The van der Waals surface area contributed by atoms with Crippen molar-refractivity contribution < 1.29 is 18.8 Å². The van der Waals surface area contributed by atoms with Gasteiger partial charge in [0.15, 0.2) is 6.61 Å². The number of hydrogen-bond acceptors (Lipinski definition) is 5. The fourth-order valence-corrected chi connectivity index (χ4v) is 2.53. The molecule has 0 radical (unpaired) electrons. The normalized spacial score (nSPS) is 10.5. The average Bonchev–Trinajstić information content (AvgIpc) is 3.15. The van der Waals surface area contributed by atoms with Crippen LogP contribution in [0, 0.1) is 15.9 Å². The third-order valence-electron chi connectivity index (χ3n) is 3.97. The minimum atomic E-state index is -0.694. The van der Waals surface area contributed by atoms with E-state index in [9.17, 15) is 19.3 Å². The van der Waals surface area contributed by atoms with E-state index >= 15 is 0 Å². The van der Waals surface area contributed by atoms with Crippen LogP contribution in [0.4, 0.5) is 10.1 Å². The smallest absolute Gasteiger partial charge is 0.311 e. The molecule has 3 rings (SSSR count). The Morgan fingerprint density at radius 2 is 2.04 bits per heavy atom. The summed E-state index contributed by atoms with van der Waals surface area (Å²) in [6.07, 6.45) is 3.45. The van der Waals surface area contributed by atoms with Crippen molar-refractivity contribution in [2.75, 3.05) is 13.7 Å². The van der Waals surface area contributed by atoms with Gasteiger partial charge in [-0.15, -0.1) is 0 Å². The number of ether oxygens (including phenoxy) is 1. The Balaban J connectivity index is 1.61. The molecular formula is C19H17FN4O4. The number of carbonyl (C=O) groups excluding carboxylic acids is 1. The molecule has 1 heterocycles. The van der Waals surface area contributed by atoms with E-state index in [-0.39, 0.29) is 12.3 Å². The van der Waals surface area contributed by atoms with Crippen molar-refractivity contribution >= 4 is 11.6 Å². The SMILES string of the molecule is CN(Cc1cnn(-c2ccccc2)c1)C(=O)COc1cc(F)ccc1[N+](=O)[O-]. The lowest BCUT2D eigenvalue weighted by Crippen LogP contribution is -2.30. The van der Waals surface area contributed by atoms with Gasteiger partial charge in [0.05, 0.1) is 16.8 Å². The summed E-state index contributed by atoms with van der Waals surface area (Å²) in [5, 5.41) is 15.2. The van der Waals surface area contributed by atoms with Crippen molar-refractivity contribution in [3.8, 4) is 11.4 Å². The summed E-state index contributed by atoms with van der Waals surface area (Å²) in [5.74, 6) is -1.38. The Hall–Kier alpha value is -3.75. The lowest BCUT2D eigenvalue weighted by molar-refractivity contribution is -0.385. The Morgan fingerprint density at radius 1 is 1.29 bits per heavy atom. The van der Waals surface area contributed by atoms with E-state index in [1.165, 1.54) is 4.90 Å². The maximum Gasteiger partial charge on any atom is 0.311 e. The van der Waals surface area contributed by atoms with Crippen LogP contribution in [0.5, 0.6) is 5.75 Å². The molecule has 3 aromatic rings. The number of benzene rings is 2. The number of carbonyl (C=O) groups is 1. The van der Waals surface area contributed by atoms with Gasteiger partial charge in [-0.05, 0) is 18.2 Å². The van der Waals surface area contributed by atoms with Gasteiger partial charge in [0.2, 0.25) is 5.75 Å². The Bertz CT molecular complexity index is 991. The molecule has 1 amide bonds. The molecule has 0 spiro atoms. The first kappa shape index (κ1) is 19.0. The van der Waals surface area contributed by atoms with Crippen LogP contribution in [-0.4, -0.2) is 39.2 Å². The molecule has 0 saturated carbocycles. The fraction of sp³-hybridized carbons (Fsp3) is 0.158. The standard InChI is InChI=1S/C19H17FN4O4/c1-22(11-14-10-21-23(12-14)16-5-3-2-4-6-16)19(25)13-28-18-9-15(20)7-8-17(18)24(26)27/h2-10,12H,11,13H2,1H3. The third-order valence-corrected chi connectivity index (χ3v) is 3.97. The van der Waals surface area contributed by atoms with Crippen molar-refractivity contribution in [3.05, 3.63) is 82.4 Å². The second kappa shape index (κ2) is 8.30. The van der Waals surface area contributed by atoms with Crippen LogP contribution in [0.1, 0.15) is 5.56 Å². The van der Waals surface area contributed by atoms with E-state index in [0.717, 1.165) is 29.4 Å². The maximum absolute atomic E-state index is 13.3. The zero-order chi connectivity index (χ0) is 20.1. The number of amides is 1. The van der Waals surface area contributed by atoms with Gasteiger partial charge in [-0.1, -0.05) is 18.2 Å². The Labute approximate surface area is 159 Å². The molecule has 0 aliphatic rings. The van der Waals surface area contributed by atoms with Gasteiger partial charge in [0.1, 0.15) is 5.82 Å². The van der Waals surface area contributed by atoms with Crippen LogP contribution in [-0.2, 0) is 11.3 Å². The number of para-hydroxylation sites is 1. The van der Waals surface area contributed by atoms with Crippen molar-refractivity contribution in [3.63, 3.8) is 0 Å². The molecule has 0 aliphatic carbocycles. The van der Waals surface area contributed by atoms with Gasteiger partial charge in [-0.3, -0.25) is 14.9 Å². The van der Waals surface area contributed by atoms with Gasteiger partial charge >= 0.3 is 5.69 Å². The molecule has 0 N–H and O–H groups in total. The molecule has 0 atom stereocenters. The number of likely N-dealkylation sites (N-methyl/N-ethyl adjacent to an activating group) is 1. The average molecular weight is 384 g/mol. The molecule has 1 aromatic heterocycles. The number of nitro groups is 1. The van der Waals surface area contributed by atoms with Crippen LogP contribution >= 0.6 is 0 Å². The molecule has 9 heteroatoms. The highest BCUT2D eigenvalue weighted by atomic mass is 19.1. The number of halogens is 1. The Kier molecular flexibility index (Phi) is 5.64. The van der Waals surface area contributed by atoms with Gasteiger partial charge in [-0.25, -0.2) is 9.07 Å². The van der Waals surface area contributed by atoms with Gasteiger partial charge in [0.25, 0.3) is 5.91 Å². The summed E-state index contributed by atoms with van der Waals surface area (Å²) in [4.78, 5) is 24.0. The van der Waals surface area contributed by atoms with Gasteiger partial charge in [-0.2, -0.15) is 5.10 Å². The lowest BCUT2D eigenvalue weighted by Gasteiger charge is -2.16. The number of nitro benzene ring substituents is 1. The number of nitrogens with zero attached hydrogens (tertiary/aromatic N) is 4. The van der Waals surface area contributed by atoms with Crippen LogP contribution in [0.2, 0.25) is 0 Å². The van der Waals surface area contributed by atoms with Crippen LogP contribution in [0.3, 0.4) is 0 Å². The maximum atomic E-state index is 13.3.